The van der Waals surface area contributed by atoms with Gasteiger partial charge in [0.15, 0.2) is 0 Å². The first-order valence-electron chi connectivity index (χ1n) is 7.92. The van der Waals surface area contributed by atoms with Gasteiger partial charge in [-0.05, 0) is 31.9 Å². The molecule has 3 rings (SSSR count). The molecule has 1 atom stereocenters. The SMILES string of the molecule is COC(=O)c1cc(C)nc(-c2cnn(C)c2OCCCC2CO2)c1. The summed E-state index contributed by atoms with van der Waals surface area (Å²) < 4.78 is 17.6. The first-order chi connectivity index (χ1) is 11.6. The van der Waals surface area contributed by atoms with Crippen molar-refractivity contribution < 1.29 is 19.0 Å². The molecule has 1 saturated heterocycles. The predicted molar refractivity (Wildman–Crippen MR) is 87.0 cm³/mol. The van der Waals surface area contributed by atoms with Crippen molar-refractivity contribution in [2.75, 3.05) is 20.3 Å². The summed E-state index contributed by atoms with van der Waals surface area (Å²) >= 11 is 0. The molecule has 0 aliphatic carbocycles. The third-order valence-corrected chi connectivity index (χ3v) is 3.85. The number of carbonyl (C=O) groups is 1. The van der Waals surface area contributed by atoms with E-state index >= 15 is 0 Å². The quantitative estimate of drug-likeness (QED) is 0.439. The molecule has 3 heterocycles. The molecule has 1 aliphatic heterocycles. The predicted octanol–water partition coefficient (Wildman–Crippen LogP) is 2.13. The van der Waals surface area contributed by atoms with Gasteiger partial charge < -0.3 is 14.2 Å². The molecule has 7 nitrogen and oxygen atoms in total. The zero-order chi connectivity index (χ0) is 17.1. The molecule has 2 aromatic heterocycles. The van der Waals surface area contributed by atoms with E-state index in [-0.39, 0.29) is 0 Å². The average molecular weight is 331 g/mol. The Balaban J connectivity index is 1.80. The van der Waals surface area contributed by atoms with Gasteiger partial charge in [-0.2, -0.15) is 5.10 Å². The first-order valence-corrected chi connectivity index (χ1v) is 7.92. The van der Waals surface area contributed by atoms with Crippen molar-refractivity contribution in [1.82, 2.24) is 14.8 Å². The molecule has 1 unspecified atom stereocenters. The average Bonchev–Trinajstić information content (AvgIpc) is 3.32. The molecule has 2 aromatic rings. The van der Waals surface area contributed by atoms with Crippen molar-refractivity contribution in [2.45, 2.75) is 25.9 Å². The van der Waals surface area contributed by atoms with Crippen LogP contribution in [0.3, 0.4) is 0 Å². The molecule has 24 heavy (non-hydrogen) atoms. The number of methoxy groups -OCH3 is 1. The van der Waals surface area contributed by atoms with Gasteiger partial charge in [-0.3, -0.25) is 4.98 Å². The normalized spacial score (nSPS) is 16.0. The number of esters is 1. The van der Waals surface area contributed by atoms with Crippen LogP contribution in [0.25, 0.3) is 11.3 Å². The Bertz CT molecular complexity index is 737. The van der Waals surface area contributed by atoms with E-state index in [1.807, 2.05) is 14.0 Å². The standard InChI is InChI=1S/C17H21N3O4/c1-11-7-12(17(21)22-3)8-15(19-11)14-9-18-20(2)16(14)23-6-4-5-13-10-24-13/h7-9,13H,4-6,10H2,1-3H3. The lowest BCUT2D eigenvalue weighted by Crippen LogP contribution is -2.06. The minimum Gasteiger partial charge on any atom is -0.477 e. The van der Waals surface area contributed by atoms with Gasteiger partial charge >= 0.3 is 5.97 Å². The van der Waals surface area contributed by atoms with Gasteiger partial charge in [0.25, 0.3) is 0 Å². The zero-order valence-corrected chi connectivity index (χ0v) is 14.1. The fourth-order valence-electron chi connectivity index (χ4n) is 2.53. The number of carbonyl (C=O) groups excluding carboxylic acids is 1. The molecule has 0 N–H and O–H groups in total. The monoisotopic (exact) mass is 331 g/mol. The molecule has 0 bridgehead atoms. The highest BCUT2D eigenvalue weighted by Crippen LogP contribution is 2.29. The number of aromatic nitrogens is 3. The van der Waals surface area contributed by atoms with Gasteiger partial charge in [0.2, 0.25) is 5.88 Å². The third-order valence-electron chi connectivity index (χ3n) is 3.85. The molecule has 0 aromatic carbocycles. The maximum Gasteiger partial charge on any atom is 0.337 e. The molecule has 128 valence electrons. The van der Waals surface area contributed by atoms with Crippen LogP contribution in [-0.2, 0) is 16.5 Å². The zero-order valence-electron chi connectivity index (χ0n) is 14.1. The summed E-state index contributed by atoms with van der Waals surface area (Å²) in [5, 5.41) is 4.25. The van der Waals surface area contributed by atoms with Crippen molar-refractivity contribution >= 4 is 5.97 Å². The number of epoxide rings is 1. The Labute approximate surface area is 140 Å². The van der Waals surface area contributed by atoms with Gasteiger partial charge in [0.05, 0.1) is 49.4 Å². The minimum atomic E-state index is -0.391. The number of nitrogens with zero attached hydrogens (tertiary/aromatic N) is 3. The molecule has 0 saturated carbocycles. The largest absolute Gasteiger partial charge is 0.477 e. The first kappa shape index (κ1) is 16.4. The van der Waals surface area contributed by atoms with Crippen LogP contribution in [0.15, 0.2) is 18.3 Å². The van der Waals surface area contributed by atoms with Crippen molar-refractivity contribution in [3.8, 4) is 17.1 Å². The molecular formula is C17H21N3O4. The van der Waals surface area contributed by atoms with E-state index in [0.717, 1.165) is 30.7 Å². The molecule has 7 heteroatoms. The number of pyridine rings is 1. The lowest BCUT2D eigenvalue weighted by Gasteiger charge is -2.10. The Morgan fingerprint density at radius 3 is 2.96 bits per heavy atom. The van der Waals surface area contributed by atoms with Crippen LogP contribution in [0.2, 0.25) is 0 Å². The molecule has 1 aliphatic rings. The smallest absolute Gasteiger partial charge is 0.337 e. The third kappa shape index (κ3) is 3.73. The second-order valence-electron chi connectivity index (χ2n) is 5.81. The Kier molecular flexibility index (Phi) is 4.80. The van der Waals surface area contributed by atoms with E-state index in [9.17, 15) is 4.79 Å². The maximum atomic E-state index is 11.8. The number of rotatable bonds is 7. The van der Waals surface area contributed by atoms with Crippen molar-refractivity contribution in [3.05, 3.63) is 29.6 Å². The van der Waals surface area contributed by atoms with Gasteiger partial charge in [-0.15, -0.1) is 0 Å². The van der Waals surface area contributed by atoms with Crippen LogP contribution in [0, 0.1) is 6.92 Å². The van der Waals surface area contributed by atoms with Crippen molar-refractivity contribution in [2.24, 2.45) is 7.05 Å². The van der Waals surface area contributed by atoms with Gasteiger partial charge in [-0.1, -0.05) is 0 Å². The highest BCUT2D eigenvalue weighted by atomic mass is 16.6. The fourth-order valence-corrected chi connectivity index (χ4v) is 2.53. The van der Waals surface area contributed by atoms with Crippen LogP contribution in [0.1, 0.15) is 28.9 Å². The van der Waals surface area contributed by atoms with Crippen LogP contribution >= 0.6 is 0 Å². The molecular weight excluding hydrogens is 310 g/mol. The second kappa shape index (κ2) is 7.00. The summed E-state index contributed by atoms with van der Waals surface area (Å²) in [4.78, 5) is 16.3. The van der Waals surface area contributed by atoms with Gasteiger partial charge in [0, 0.05) is 12.7 Å². The maximum absolute atomic E-state index is 11.8. The van der Waals surface area contributed by atoms with Crippen molar-refractivity contribution in [3.63, 3.8) is 0 Å². The van der Waals surface area contributed by atoms with Crippen LogP contribution < -0.4 is 4.74 Å². The summed E-state index contributed by atoms with van der Waals surface area (Å²) in [5.74, 6) is 0.248. The Morgan fingerprint density at radius 1 is 1.46 bits per heavy atom. The Morgan fingerprint density at radius 2 is 2.25 bits per heavy atom. The van der Waals surface area contributed by atoms with Crippen LogP contribution in [0.5, 0.6) is 5.88 Å². The summed E-state index contributed by atoms with van der Waals surface area (Å²) in [6, 6.07) is 3.39. The number of hydrogen-bond acceptors (Lipinski definition) is 6. The molecule has 0 amide bonds. The minimum absolute atomic E-state index is 0.391. The van der Waals surface area contributed by atoms with Crippen molar-refractivity contribution in [1.29, 1.82) is 0 Å². The molecule has 0 radical (unpaired) electrons. The van der Waals surface area contributed by atoms with E-state index in [1.165, 1.54) is 7.11 Å². The van der Waals surface area contributed by atoms with E-state index in [1.54, 1.807) is 23.0 Å². The number of ether oxygens (including phenoxy) is 3. The lowest BCUT2D eigenvalue weighted by molar-refractivity contribution is 0.0600. The fraction of sp³-hybridized carbons (Fsp3) is 0.471. The summed E-state index contributed by atoms with van der Waals surface area (Å²) in [7, 11) is 3.18. The highest BCUT2D eigenvalue weighted by molar-refractivity contribution is 5.90. The summed E-state index contributed by atoms with van der Waals surface area (Å²) in [6.45, 7) is 3.28. The van der Waals surface area contributed by atoms with Crippen LogP contribution in [0.4, 0.5) is 0 Å². The second-order valence-corrected chi connectivity index (χ2v) is 5.81. The number of aryl methyl sites for hydroxylation is 2. The lowest BCUT2D eigenvalue weighted by atomic mass is 10.1. The number of hydrogen-bond donors (Lipinski definition) is 0. The molecule has 1 fully saturated rings. The van der Waals surface area contributed by atoms with E-state index in [4.69, 9.17) is 14.2 Å². The summed E-state index contributed by atoms with van der Waals surface area (Å²) in [6.07, 6.45) is 4.02. The van der Waals surface area contributed by atoms with Crippen LogP contribution in [-0.4, -0.2) is 47.2 Å². The Hall–Kier alpha value is -2.41. The molecule has 0 spiro atoms. The topological polar surface area (TPSA) is 78.8 Å². The van der Waals surface area contributed by atoms with Gasteiger partial charge in [0.1, 0.15) is 0 Å². The van der Waals surface area contributed by atoms with E-state index in [2.05, 4.69) is 10.1 Å². The van der Waals surface area contributed by atoms with E-state index < -0.39 is 5.97 Å². The summed E-state index contributed by atoms with van der Waals surface area (Å²) in [5.41, 5.74) is 2.59. The highest BCUT2D eigenvalue weighted by Gasteiger charge is 2.22. The van der Waals surface area contributed by atoms with Gasteiger partial charge in [-0.25, -0.2) is 9.48 Å². The van der Waals surface area contributed by atoms with E-state index in [0.29, 0.717) is 29.8 Å².